The minimum absolute atomic E-state index is 0.148. The maximum absolute atomic E-state index is 12.6. The minimum atomic E-state index is -0.665. The van der Waals surface area contributed by atoms with Crippen LogP contribution >= 0.6 is 15.9 Å². The molecule has 0 saturated carbocycles. The number of rotatable bonds is 10. The van der Waals surface area contributed by atoms with Gasteiger partial charge in [-0.05, 0) is 55.5 Å². The molecule has 0 unspecified atom stereocenters. The molecule has 8 heteroatoms. The van der Waals surface area contributed by atoms with Gasteiger partial charge in [0.15, 0.2) is 6.61 Å². The van der Waals surface area contributed by atoms with Gasteiger partial charge in [-0.2, -0.15) is 5.26 Å². The Bertz CT molecular complexity index is 967. The van der Waals surface area contributed by atoms with Crippen molar-refractivity contribution in [2.24, 2.45) is 0 Å². The zero-order chi connectivity index (χ0) is 22.6. The first-order valence-corrected chi connectivity index (χ1v) is 10.4. The van der Waals surface area contributed by atoms with Crippen LogP contribution < -0.4 is 14.4 Å². The van der Waals surface area contributed by atoms with Crippen molar-refractivity contribution < 1.29 is 23.8 Å². The Hall–Kier alpha value is -3.31. The Morgan fingerprint density at radius 2 is 1.94 bits per heavy atom. The van der Waals surface area contributed by atoms with E-state index in [0.29, 0.717) is 29.4 Å². The molecule has 0 aliphatic heterocycles. The number of nitrogens with zero attached hydrogens (tertiary/aromatic N) is 2. The first kappa shape index (κ1) is 24.0. The molecule has 0 bridgehead atoms. The molecule has 0 N–H and O–H groups in total. The van der Waals surface area contributed by atoms with Crippen molar-refractivity contribution in [1.82, 2.24) is 0 Å². The second-order valence-corrected chi connectivity index (χ2v) is 7.12. The summed E-state index contributed by atoms with van der Waals surface area (Å²) in [5.41, 5.74) is 1.28. The van der Waals surface area contributed by atoms with Crippen LogP contribution in [0.3, 0.4) is 0 Å². The van der Waals surface area contributed by atoms with Gasteiger partial charge in [-0.15, -0.1) is 0 Å². The van der Waals surface area contributed by atoms with Gasteiger partial charge in [0, 0.05) is 28.3 Å². The number of carbonyl (C=O) groups excluding carboxylic acids is 2. The molecule has 2 aromatic rings. The number of esters is 1. The van der Waals surface area contributed by atoms with E-state index in [2.05, 4.69) is 15.9 Å². The van der Waals surface area contributed by atoms with Crippen LogP contribution in [0.2, 0.25) is 0 Å². The molecule has 162 valence electrons. The van der Waals surface area contributed by atoms with Gasteiger partial charge in [0.25, 0.3) is 5.91 Å². The molecule has 0 heterocycles. The Kier molecular flexibility index (Phi) is 9.59. The number of halogens is 1. The molecule has 0 spiro atoms. The summed E-state index contributed by atoms with van der Waals surface area (Å²) in [6.45, 7) is 2.15. The van der Waals surface area contributed by atoms with Crippen molar-refractivity contribution in [1.29, 1.82) is 5.26 Å². The summed E-state index contributed by atoms with van der Waals surface area (Å²) < 4.78 is 16.6. The van der Waals surface area contributed by atoms with Crippen molar-refractivity contribution in [3.63, 3.8) is 0 Å². The van der Waals surface area contributed by atoms with E-state index in [9.17, 15) is 9.59 Å². The van der Waals surface area contributed by atoms with Gasteiger partial charge >= 0.3 is 5.97 Å². The molecule has 31 heavy (non-hydrogen) atoms. The molecule has 0 aliphatic rings. The SMILES string of the molecule is CCOc1ccc(N(CCC#N)C(=O)COC(=O)/C=C/c2cc(Br)ccc2OC)cc1. The van der Waals surface area contributed by atoms with Crippen molar-refractivity contribution in [3.8, 4) is 17.6 Å². The van der Waals surface area contributed by atoms with E-state index in [0.717, 1.165) is 4.47 Å². The van der Waals surface area contributed by atoms with E-state index in [1.165, 1.54) is 18.1 Å². The van der Waals surface area contributed by atoms with Gasteiger partial charge < -0.3 is 19.1 Å². The summed E-state index contributed by atoms with van der Waals surface area (Å²) in [4.78, 5) is 26.1. The smallest absolute Gasteiger partial charge is 0.331 e. The van der Waals surface area contributed by atoms with E-state index >= 15 is 0 Å². The first-order chi connectivity index (χ1) is 15.0. The van der Waals surface area contributed by atoms with Gasteiger partial charge in [-0.1, -0.05) is 15.9 Å². The molecule has 2 aromatic carbocycles. The molecule has 0 aromatic heterocycles. The summed E-state index contributed by atoms with van der Waals surface area (Å²) in [7, 11) is 1.54. The zero-order valence-corrected chi connectivity index (χ0v) is 18.9. The average molecular weight is 487 g/mol. The predicted molar refractivity (Wildman–Crippen MR) is 121 cm³/mol. The number of benzene rings is 2. The molecule has 0 atom stereocenters. The highest BCUT2D eigenvalue weighted by atomic mass is 79.9. The van der Waals surface area contributed by atoms with Crippen LogP contribution in [-0.4, -0.2) is 38.7 Å². The number of anilines is 1. The summed E-state index contributed by atoms with van der Waals surface area (Å²) in [5, 5.41) is 8.90. The van der Waals surface area contributed by atoms with Crippen LogP contribution in [-0.2, 0) is 14.3 Å². The van der Waals surface area contributed by atoms with Gasteiger partial charge in [0.1, 0.15) is 11.5 Å². The van der Waals surface area contributed by atoms with Crippen molar-refractivity contribution in [2.45, 2.75) is 13.3 Å². The van der Waals surface area contributed by atoms with Gasteiger partial charge in [-0.25, -0.2) is 4.79 Å². The van der Waals surface area contributed by atoms with Crippen LogP contribution in [0.5, 0.6) is 11.5 Å². The molecular formula is C23H23BrN2O5. The Balaban J connectivity index is 2.02. The van der Waals surface area contributed by atoms with Crippen molar-refractivity contribution in [2.75, 3.05) is 31.8 Å². The standard InChI is InChI=1S/C23H23BrN2O5/c1-3-30-20-9-7-19(8-10-20)26(14-4-13-25)22(27)16-31-23(28)12-5-17-15-18(24)6-11-21(17)29-2/h5-12,15H,3-4,14,16H2,1-2H3/b12-5+. The number of amides is 1. The molecule has 7 nitrogen and oxygen atoms in total. The maximum atomic E-state index is 12.6. The highest BCUT2D eigenvalue weighted by Gasteiger charge is 2.17. The van der Waals surface area contributed by atoms with Crippen molar-refractivity contribution >= 4 is 39.6 Å². The van der Waals surface area contributed by atoms with Crippen molar-refractivity contribution in [3.05, 3.63) is 58.6 Å². The third-order valence-corrected chi connectivity index (χ3v) is 4.63. The first-order valence-electron chi connectivity index (χ1n) is 9.57. The highest BCUT2D eigenvalue weighted by molar-refractivity contribution is 9.10. The zero-order valence-electron chi connectivity index (χ0n) is 17.3. The number of hydrogen-bond acceptors (Lipinski definition) is 6. The number of methoxy groups -OCH3 is 1. The lowest BCUT2D eigenvalue weighted by molar-refractivity contribution is -0.142. The maximum Gasteiger partial charge on any atom is 0.331 e. The number of nitriles is 1. The molecule has 1 amide bonds. The summed E-state index contributed by atoms with van der Waals surface area (Å²) >= 11 is 3.37. The number of carbonyl (C=O) groups is 2. The topological polar surface area (TPSA) is 88.9 Å². The highest BCUT2D eigenvalue weighted by Crippen LogP contribution is 2.24. The third kappa shape index (κ3) is 7.46. The molecule has 2 rings (SSSR count). The van der Waals surface area contributed by atoms with E-state index in [1.807, 2.05) is 19.1 Å². The average Bonchev–Trinajstić information content (AvgIpc) is 2.77. The third-order valence-electron chi connectivity index (χ3n) is 4.14. The summed E-state index contributed by atoms with van der Waals surface area (Å²) in [6, 6.07) is 14.3. The van der Waals surface area contributed by atoms with Crippen LogP contribution in [0.1, 0.15) is 18.9 Å². The Labute approximate surface area is 189 Å². The molecule has 0 radical (unpaired) electrons. The lowest BCUT2D eigenvalue weighted by Crippen LogP contribution is -2.35. The molecule has 0 fully saturated rings. The fourth-order valence-electron chi connectivity index (χ4n) is 2.70. The quantitative estimate of drug-likeness (QED) is 0.366. The second-order valence-electron chi connectivity index (χ2n) is 6.21. The summed E-state index contributed by atoms with van der Waals surface area (Å²) in [5.74, 6) is 0.184. The summed E-state index contributed by atoms with van der Waals surface area (Å²) in [6.07, 6.45) is 2.93. The van der Waals surface area contributed by atoms with E-state index in [-0.39, 0.29) is 13.0 Å². The van der Waals surface area contributed by atoms with E-state index in [1.54, 1.807) is 42.5 Å². The van der Waals surface area contributed by atoms with Gasteiger partial charge in [0.2, 0.25) is 0 Å². The predicted octanol–water partition coefficient (Wildman–Crippen LogP) is 4.36. The number of ether oxygens (including phenoxy) is 3. The fraction of sp³-hybridized carbons (Fsp3) is 0.261. The monoisotopic (exact) mass is 486 g/mol. The molecular weight excluding hydrogens is 464 g/mol. The van der Waals surface area contributed by atoms with Crippen LogP contribution in [0.15, 0.2) is 53.0 Å². The number of hydrogen-bond donors (Lipinski definition) is 0. The second kappa shape index (κ2) is 12.4. The molecule has 0 aliphatic carbocycles. The van der Waals surface area contributed by atoms with Gasteiger partial charge in [-0.3, -0.25) is 4.79 Å². The van der Waals surface area contributed by atoms with Crippen LogP contribution in [0.4, 0.5) is 5.69 Å². The lowest BCUT2D eigenvalue weighted by Gasteiger charge is -2.21. The minimum Gasteiger partial charge on any atom is -0.496 e. The van der Waals surface area contributed by atoms with Crippen LogP contribution in [0, 0.1) is 11.3 Å². The Morgan fingerprint density at radius 3 is 2.58 bits per heavy atom. The molecule has 0 saturated heterocycles. The van der Waals surface area contributed by atoms with E-state index < -0.39 is 18.5 Å². The van der Waals surface area contributed by atoms with E-state index in [4.69, 9.17) is 19.5 Å². The normalized spacial score (nSPS) is 10.4. The van der Waals surface area contributed by atoms with Crippen LogP contribution in [0.25, 0.3) is 6.08 Å². The Morgan fingerprint density at radius 1 is 1.19 bits per heavy atom. The fourth-order valence-corrected chi connectivity index (χ4v) is 3.08. The lowest BCUT2D eigenvalue weighted by atomic mass is 10.2. The van der Waals surface area contributed by atoms with Gasteiger partial charge in [0.05, 0.1) is 26.2 Å². The largest absolute Gasteiger partial charge is 0.496 e.